The van der Waals surface area contributed by atoms with Gasteiger partial charge in [-0.15, -0.1) is 0 Å². The van der Waals surface area contributed by atoms with Crippen LogP contribution < -0.4 is 0 Å². The zero-order chi connectivity index (χ0) is 16.5. The predicted octanol–water partition coefficient (Wildman–Crippen LogP) is 5.94. The van der Waals surface area contributed by atoms with Crippen LogP contribution in [0.25, 0.3) is 32.6 Å². The maximum absolute atomic E-state index is 13.0. The summed E-state index contributed by atoms with van der Waals surface area (Å²) in [5.74, 6) is 1.18. The summed E-state index contributed by atoms with van der Waals surface area (Å²) < 4.78 is 0. The third kappa shape index (κ3) is 1.77. The van der Waals surface area contributed by atoms with Crippen molar-refractivity contribution in [3.05, 3.63) is 59.7 Å². The molecule has 1 saturated carbocycles. The zero-order valence-electron chi connectivity index (χ0n) is 14.0. The number of aromatic nitrogens is 1. The molecular weight excluding hydrogens is 306 g/mol. The lowest BCUT2D eigenvalue weighted by molar-refractivity contribution is 0.0898. The van der Waals surface area contributed by atoms with E-state index in [-0.39, 0.29) is 5.92 Å². The van der Waals surface area contributed by atoms with Crippen molar-refractivity contribution in [3.8, 4) is 0 Å². The minimum atomic E-state index is 0.250. The predicted molar refractivity (Wildman–Crippen MR) is 102 cm³/mol. The third-order valence-electron chi connectivity index (χ3n) is 6.46. The van der Waals surface area contributed by atoms with E-state index in [0.717, 1.165) is 42.3 Å². The van der Waals surface area contributed by atoms with Crippen LogP contribution in [0.2, 0.25) is 0 Å². The van der Waals surface area contributed by atoms with Crippen LogP contribution in [-0.4, -0.2) is 10.8 Å². The summed E-state index contributed by atoms with van der Waals surface area (Å²) in [5.41, 5.74) is 4.53. The number of hydrogen-bond acceptors (Lipinski definition) is 1. The van der Waals surface area contributed by atoms with Crippen molar-refractivity contribution in [2.24, 2.45) is 5.92 Å². The van der Waals surface area contributed by atoms with E-state index in [1.807, 2.05) is 0 Å². The molecule has 2 nitrogen and oxygen atoms in total. The molecule has 2 heteroatoms. The molecule has 0 radical (unpaired) electrons. The molecule has 1 aromatic heterocycles. The fourth-order valence-corrected chi connectivity index (χ4v) is 5.18. The van der Waals surface area contributed by atoms with Crippen molar-refractivity contribution in [3.63, 3.8) is 0 Å². The van der Waals surface area contributed by atoms with E-state index in [0.29, 0.717) is 11.7 Å². The number of aromatic amines is 1. The Labute approximate surface area is 145 Å². The topological polar surface area (TPSA) is 32.9 Å². The van der Waals surface area contributed by atoms with Crippen molar-refractivity contribution < 1.29 is 4.79 Å². The second-order valence-electron chi connectivity index (χ2n) is 7.73. The van der Waals surface area contributed by atoms with Crippen LogP contribution in [0.15, 0.2) is 48.5 Å². The Kier molecular flexibility index (Phi) is 2.58. The summed E-state index contributed by atoms with van der Waals surface area (Å²) in [5, 5.41) is 5.11. The number of rotatable bonds is 0. The molecular formula is C23H19NO. The standard InChI is InChI=1S/C23H19NO/c25-23-15-7-5-14(6-8-15)17-11-19-21(12-18(17)23)24-20-10-9-13-3-1-2-4-16(13)22(19)20/h1-4,9-12,14-15,24H,5-8H2. The molecule has 0 atom stereocenters. The maximum atomic E-state index is 13.0. The van der Waals surface area contributed by atoms with Crippen molar-refractivity contribution >= 4 is 38.4 Å². The number of benzene rings is 3. The monoisotopic (exact) mass is 325 g/mol. The molecule has 3 aromatic carbocycles. The van der Waals surface area contributed by atoms with Crippen molar-refractivity contribution in [1.82, 2.24) is 4.98 Å². The lowest BCUT2D eigenvalue weighted by Gasteiger charge is -2.22. The molecule has 1 N–H and O–H groups in total. The molecule has 3 aliphatic rings. The summed E-state index contributed by atoms with van der Waals surface area (Å²) >= 11 is 0. The first kappa shape index (κ1) is 13.7. The van der Waals surface area contributed by atoms with Crippen LogP contribution >= 0.6 is 0 Å². The minimum absolute atomic E-state index is 0.250. The lowest BCUT2D eigenvalue weighted by Crippen LogP contribution is -2.15. The van der Waals surface area contributed by atoms with Gasteiger partial charge in [0.2, 0.25) is 0 Å². The smallest absolute Gasteiger partial charge is 0.166 e. The van der Waals surface area contributed by atoms with Gasteiger partial charge in [-0.2, -0.15) is 0 Å². The first-order valence-electron chi connectivity index (χ1n) is 9.31. The van der Waals surface area contributed by atoms with Gasteiger partial charge in [0.1, 0.15) is 0 Å². The molecule has 1 fully saturated rings. The molecule has 122 valence electrons. The van der Waals surface area contributed by atoms with Crippen LogP contribution in [-0.2, 0) is 0 Å². The fraction of sp³-hybridized carbons (Fsp3) is 0.261. The number of carbonyl (C=O) groups is 1. The summed E-state index contributed by atoms with van der Waals surface area (Å²) in [4.78, 5) is 16.5. The molecule has 0 amide bonds. The zero-order valence-corrected chi connectivity index (χ0v) is 14.0. The molecule has 0 unspecified atom stereocenters. The molecule has 4 aromatic rings. The number of fused-ring (bicyclic) bond motifs is 7. The Hall–Kier alpha value is -2.61. The van der Waals surface area contributed by atoms with Gasteiger partial charge in [0.25, 0.3) is 0 Å². The van der Waals surface area contributed by atoms with E-state index in [4.69, 9.17) is 0 Å². The van der Waals surface area contributed by atoms with Gasteiger partial charge in [0.05, 0.1) is 0 Å². The first-order valence-corrected chi connectivity index (χ1v) is 9.31. The second kappa shape index (κ2) is 4.72. The number of Topliss-reactive ketones (excluding diaryl/α,β-unsaturated/α-hetero) is 1. The van der Waals surface area contributed by atoms with E-state index in [2.05, 4.69) is 53.5 Å². The highest BCUT2D eigenvalue weighted by molar-refractivity contribution is 6.21. The summed E-state index contributed by atoms with van der Waals surface area (Å²) in [7, 11) is 0. The van der Waals surface area contributed by atoms with Gasteiger partial charge in [-0.1, -0.05) is 30.3 Å². The van der Waals surface area contributed by atoms with E-state index in [1.54, 1.807) is 0 Å². The van der Waals surface area contributed by atoms with Crippen LogP contribution in [0.5, 0.6) is 0 Å². The molecule has 3 aliphatic carbocycles. The Morgan fingerprint density at radius 2 is 1.60 bits per heavy atom. The van der Waals surface area contributed by atoms with Crippen LogP contribution in [0, 0.1) is 5.92 Å². The maximum Gasteiger partial charge on any atom is 0.166 e. The third-order valence-corrected chi connectivity index (χ3v) is 6.46. The minimum Gasteiger partial charge on any atom is -0.354 e. The fourth-order valence-electron chi connectivity index (χ4n) is 5.18. The van der Waals surface area contributed by atoms with E-state index < -0.39 is 0 Å². The first-order chi connectivity index (χ1) is 12.3. The number of nitrogens with one attached hydrogen (secondary N) is 1. The molecule has 7 rings (SSSR count). The number of hydrogen-bond donors (Lipinski definition) is 1. The highest BCUT2D eigenvalue weighted by atomic mass is 16.1. The number of H-pyrrole nitrogens is 1. The Balaban J connectivity index is 1.76. The SMILES string of the molecule is O=C1c2cc3[nH]c4ccc5ccccc5c4c3cc2C2CCC1CC2. The molecule has 0 aliphatic heterocycles. The van der Waals surface area contributed by atoms with Crippen LogP contribution in [0.4, 0.5) is 0 Å². The molecule has 0 spiro atoms. The summed E-state index contributed by atoms with van der Waals surface area (Å²) in [6, 6.07) is 17.4. The van der Waals surface area contributed by atoms with Gasteiger partial charge >= 0.3 is 0 Å². The van der Waals surface area contributed by atoms with E-state index in [1.165, 1.54) is 27.1 Å². The Morgan fingerprint density at radius 1 is 0.800 bits per heavy atom. The van der Waals surface area contributed by atoms with Crippen LogP contribution in [0.3, 0.4) is 0 Å². The largest absolute Gasteiger partial charge is 0.354 e. The normalized spacial score (nSPS) is 22.6. The summed E-state index contributed by atoms with van der Waals surface area (Å²) in [6.45, 7) is 0. The molecule has 1 heterocycles. The quantitative estimate of drug-likeness (QED) is 0.426. The molecule has 2 bridgehead atoms. The second-order valence-corrected chi connectivity index (χ2v) is 7.73. The van der Waals surface area contributed by atoms with E-state index >= 15 is 0 Å². The van der Waals surface area contributed by atoms with Crippen molar-refractivity contribution in [1.29, 1.82) is 0 Å². The number of ketones is 1. The average Bonchev–Trinajstić information content (AvgIpc) is 2.93. The lowest BCUT2D eigenvalue weighted by atomic mass is 9.82. The molecule has 25 heavy (non-hydrogen) atoms. The van der Waals surface area contributed by atoms with Gasteiger partial charge in [0.15, 0.2) is 5.78 Å². The average molecular weight is 325 g/mol. The van der Waals surface area contributed by atoms with Gasteiger partial charge < -0.3 is 4.98 Å². The molecule has 0 saturated heterocycles. The van der Waals surface area contributed by atoms with Gasteiger partial charge in [-0.25, -0.2) is 0 Å². The van der Waals surface area contributed by atoms with Crippen LogP contribution in [0.1, 0.15) is 47.5 Å². The Bertz CT molecular complexity index is 1180. The highest BCUT2D eigenvalue weighted by Gasteiger charge is 2.35. The summed E-state index contributed by atoms with van der Waals surface area (Å²) in [6.07, 6.45) is 4.46. The Morgan fingerprint density at radius 3 is 2.48 bits per heavy atom. The van der Waals surface area contributed by atoms with E-state index in [9.17, 15) is 4.79 Å². The van der Waals surface area contributed by atoms with Gasteiger partial charge in [-0.05, 0) is 66.1 Å². The van der Waals surface area contributed by atoms with Crippen molar-refractivity contribution in [2.75, 3.05) is 0 Å². The van der Waals surface area contributed by atoms with Gasteiger partial charge in [0, 0.05) is 33.3 Å². The van der Waals surface area contributed by atoms with Gasteiger partial charge in [-0.3, -0.25) is 4.79 Å². The van der Waals surface area contributed by atoms with Crippen molar-refractivity contribution in [2.45, 2.75) is 31.6 Å². The number of carbonyl (C=O) groups excluding carboxylic acids is 1. The highest BCUT2D eigenvalue weighted by Crippen LogP contribution is 2.45.